The minimum atomic E-state index is 1.11. The van der Waals surface area contributed by atoms with Gasteiger partial charge in [0, 0.05) is 12.2 Å². The fraction of sp³-hybridized carbons (Fsp3) is 0.571. The van der Waals surface area contributed by atoms with Crippen LogP contribution in [0.15, 0.2) is 30.3 Å². The molecule has 0 aliphatic rings. The molecule has 0 aromatic heterocycles. The first-order chi connectivity index (χ1) is 7.43. The van der Waals surface area contributed by atoms with Gasteiger partial charge in [-0.15, -0.1) is 0 Å². The number of benzene rings is 1. The molecule has 0 fully saturated rings. The van der Waals surface area contributed by atoms with Gasteiger partial charge in [-0.25, -0.2) is 0 Å². The Labute approximate surface area is 93.9 Å². The summed E-state index contributed by atoms with van der Waals surface area (Å²) in [5, 5.41) is 3.44. The number of rotatable bonds is 8. The van der Waals surface area contributed by atoms with Gasteiger partial charge < -0.3 is 5.32 Å². The molecule has 1 rings (SSSR count). The van der Waals surface area contributed by atoms with Gasteiger partial charge >= 0.3 is 0 Å². The van der Waals surface area contributed by atoms with Gasteiger partial charge in [-0.1, -0.05) is 57.2 Å². The van der Waals surface area contributed by atoms with E-state index in [9.17, 15) is 0 Å². The molecule has 0 aliphatic heterocycles. The molecule has 0 spiro atoms. The number of hydrogen-bond donors (Lipinski definition) is 1. The van der Waals surface area contributed by atoms with Crippen molar-refractivity contribution in [1.82, 2.24) is 0 Å². The highest BCUT2D eigenvalue weighted by Crippen LogP contribution is 2.07. The van der Waals surface area contributed by atoms with E-state index in [0.717, 1.165) is 6.54 Å². The first kappa shape index (κ1) is 12.1. The Morgan fingerprint density at radius 2 is 1.53 bits per heavy atom. The maximum absolute atomic E-state index is 3.44. The molecule has 1 heteroatoms. The number of anilines is 1. The van der Waals surface area contributed by atoms with Crippen LogP contribution in [0.1, 0.15) is 45.4 Å². The highest BCUT2D eigenvalue weighted by molar-refractivity contribution is 5.42. The molecule has 84 valence electrons. The van der Waals surface area contributed by atoms with E-state index in [-0.39, 0.29) is 0 Å². The van der Waals surface area contributed by atoms with Crippen molar-refractivity contribution < 1.29 is 0 Å². The molecule has 0 saturated carbocycles. The van der Waals surface area contributed by atoms with Gasteiger partial charge in [-0.2, -0.15) is 0 Å². The van der Waals surface area contributed by atoms with Gasteiger partial charge in [0.1, 0.15) is 0 Å². The topological polar surface area (TPSA) is 12.0 Å². The number of unbranched alkanes of at least 4 members (excludes halogenated alkanes) is 5. The monoisotopic (exact) mass is 205 g/mol. The van der Waals surface area contributed by atoms with Crippen molar-refractivity contribution in [2.45, 2.75) is 45.4 Å². The lowest BCUT2D eigenvalue weighted by atomic mass is 10.1. The van der Waals surface area contributed by atoms with Gasteiger partial charge in [-0.05, 0) is 18.6 Å². The maximum Gasteiger partial charge on any atom is 0.0340 e. The smallest absolute Gasteiger partial charge is 0.0340 e. The molecular weight excluding hydrogens is 182 g/mol. The molecule has 15 heavy (non-hydrogen) atoms. The lowest BCUT2D eigenvalue weighted by Crippen LogP contribution is -2.00. The largest absolute Gasteiger partial charge is 0.385 e. The van der Waals surface area contributed by atoms with Gasteiger partial charge in [0.05, 0.1) is 0 Å². The third-order valence-corrected chi connectivity index (χ3v) is 2.63. The second-order valence-electron chi connectivity index (χ2n) is 4.06. The zero-order chi connectivity index (χ0) is 10.8. The van der Waals surface area contributed by atoms with Crippen molar-refractivity contribution >= 4 is 5.69 Å². The van der Waals surface area contributed by atoms with E-state index in [0.29, 0.717) is 0 Å². The van der Waals surface area contributed by atoms with Crippen LogP contribution in [0.25, 0.3) is 0 Å². The van der Waals surface area contributed by atoms with Gasteiger partial charge in [0.15, 0.2) is 0 Å². The first-order valence-corrected chi connectivity index (χ1v) is 6.22. The summed E-state index contributed by atoms with van der Waals surface area (Å²) in [6.45, 7) is 3.37. The Morgan fingerprint density at radius 1 is 0.867 bits per heavy atom. The molecule has 0 aliphatic carbocycles. The summed E-state index contributed by atoms with van der Waals surface area (Å²) < 4.78 is 0. The predicted octanol–water partition coefficient (Wildman–Crippen LogP) is 4.46. The predicted molar refractivity (Wildman–Crippen MR) is 68.3 cm³/mol. The molecule has 1 aromatic rings. The second-order valence-corrected chi connectivity index (χ2v) is 4.06. The van der Waals surface area contributed by atoms with Crippen LogP contribution in [0.5, 0.6) is 0 Å². The average Bonchev–Trinajstić information content (AvgIpc) is 2.29. The number of nitrogens with one attached hydrogen (secondary N) is 1. The van der Waals surface area contributed by atoms with Crippen LogP contribution in [0, 0.1) is 0 Å². The van der Waals surface area contributed by atoms with Crippen LogP contribution in [-0.4, -0.2) is 6.54 Å². The lowest BCUT2D eigenvalue weighted by molar-refractivity contribution is 0.617. The Hall–Kier alpha value is -0.980. The standard InChI is InChI=1S/C14H23N/c1-2-3-4-5-6-10-13-15-14-11-8-7-9-12-14/h7-9,11-12,15H,2-6,10,13H2,1H3. The molecule has 0 saturated heterocycles. The highest BCUT2D eigenvalue weighted by atomic mass is 14.9. The Balaban J connectivity index is 1.93. The van der Waals surface area contributed by atoms with E-state index in [1.165, 1.54) is 44.2 Å². The molecule has 0 heterocycles. The summed E-state index contributed by atoms with van der Waals surface area (Å²) >= 11 is 0. The molecule has 0 radical (unpaired) electrons. The van der Waals surface area contributed by atoms with Crippen molar-refractivity contribution in [3.05, 3.63) is 30.3 Å². The third-order valence-electron chi connectivity index (χ3n) is 2.63. The Bertz CT molecular complexity index is 230. The minimum Gasteiger partial charge on any atom is -0.385 e. The van der Waals surface area contributed by atoms with E-state index in [4.69, 9.17) is 0 Å². The van der Waals surface area contributed by atoms with E-state index >= 15 is 0 Å². The quantitative estimate of drug-likeness (QED) is 0.618. The summed E-state index contributed by atoms with van der Waals surface area (Å²) in [4.78, 5) is 0. The van der Waals surface area contributed by atoms with Crippen LogP contribution in [0.2, 0.25) is 0 Å². The summed E-state index contributed by atoms with van der Waals surface area (Å²) in [6, 6.07) is 10.4. The second kappa shape index (κ2) is 8.34. The van der Waals surface area contributed by atoms with Crippen molar-refractivity contribution in [2.75, 3.05) is 11.9 Å². The molecule has 1 N–H and O–H groups in total. The molecule has 0 unspecified atom stereocenters. The molecule has 1 nitrogen and oxygen atoms in total. The first-order valence-electron chi connectivity index (χ1n) is 6.22. The van der Waals surface area contributed by atoms with E-state index in [2.05, 4.69) is 42.6 Å². The van der Waals surface area contributed by atoms with E-state index in [1.54, 1.807) is 0 Å². The van der Waals surface area contributed by atoms with Gasteiger partial charge in [0.2, 0.25) is 0 Å². The molecule has 0 atom stereocenters. The van der Waals surface area contributed by atoms with Crippen molar-refractivity contribution in [3.8, 4) is 0 Å². The van der Waals surface area contributed by atoms with Crippen molar-refractivity contribution in [2.24, 2.45) is 0 Å². The lowest BCUT2D eigenvalue weighted by Gasteiger charge is -2.05. The highest BCUT2D eigenvalue weighted by Gasteiger charge is 1.91. The Kier molecular flexibility index (Phi) is 6.72. The summed E-state index contributed by atoms with van der Waals surface area (Å²) in [5.41, 5.74) is 1.24. The van der Waals surface area contributed by atoms with Crippen molar-refractivity contribution in [1.29, 1.82) is 0 Å². The van der Waals surface area contributed by atoms with Crippen LogP contribution in [0.3, 0.4) is 0 Å². The van der Waals surface area contributed by atoms with Crippen molar-refractivity contribution in [3.63, 3.8) is 0 Å². The molecule has 1 aromatic carbocycles. The summed E-state index contributed by atoms with van der Waals surface area (Å²) in [5.74, 6) is 0. The van der Waals surface area contributed by atoms with Crippen LogP contribution >= 0.6 is 0 Å². The zero-order valence-electron chi connectivity index (χ0n) is 9.84. The zero-order valence-corrected chi connectivity index (χ0v) is 9.84. The van der Waals surface area contributed by atoms with Crippen LogP contribution in [0.4, 0.5) is 5.69 Å². The number of para-hydroxylation sites is 1. The summed E-state index contributed by atoms with van der Waals surface area (Å²) in [6.07, 6.45) is 8.18. The van der Waals surface area contributed by atoms with Gasteiger partial charge in [-0.3, -0.25) is 0 Å². The fourth-order valence-electron chi connectivity index (χ4n) is 1.69. The molecular formula is C14H23N. The third kappa shape index (κ3) is 6.16. The van der Waals surface area contributed by atoms with Crippen LogP contribution < -0.4 is 5.32 Å². The number of hydrogen-bond acceptors (Lipinski definition) is 1. The maximum atomic E-state index is 3.44. The molecule has 0 bridgehead atoms. The Morgan fingerprint density at radius 3 is 2.27 bits per heavy atom. The minimum absolute atomic E-state index is 1.11. The molecule has 0 amide bonds. The fourth-order valence-corrected chi connectivity index (χ4v) is 1.69. The van der Waals surface area contributed by atoms with Crippen LogP contribution in [-0.2, 0) is 0 Å². The average molecular weight is 205 g/mol. The normalized spacial score (nSPS) is 10.2. The van der Waals surface area contributed by atoms with E-state index in [1.807, 2.05) is 0 Å². The summed E-state index contributed by atoms with van der Waals surface area (Å²) in [7, 11) is 0. The van der Waals surface area contributed by atoms with Gasteiger partial charge in [0.25, 0.3) is 0 Å². The van der Waals surface area contributed by atoms with E-state index < -0.39 is 0 Å². The SMILES string of the molecule is CCCCCCCCNc1ccccc1.